The van der Waals surface area contributed by atoms with Gasteiger partial charge in [0.05, 0.1) is 5.56 Å². The quantitative estimate of drug-likeness (QED) is 0.579. The van der Waals surface area contributed by atoms with Crippen LogP contribution in [0.4, 0.5) is 0 Å². The van der Waals surface area contributed by atoms with Crippen molar-refractivity contribution in [2.45, 2.75) is 20.5 Å². The third-order valence-corrected chi connectivity index (χ3v) is 4.75. The highest BCUT2D eigenvalue weighted by atomic mass is 16.5. The molecule has 0 fully saturated rings. The second-order valence-electron chi connectivity index (χ2n) is 6.64. The maximum atomic E-state index is 12.7. The lowest BCUT2D eigenvalue weighted by molar-refractivity contribution is 0.101. The van der Waals surface area contributed by atoms with Crippen LogP contribution in [-0.2, 0) is 6.61 Å². The fourth-order valence-electron chi connectivity index (χ4n) is 3.15. The van der Waals surface area contributed by atoms with Crippen LogP contribution in [0.3, 0.4) is 0 Å². The van der Waals surface area contributed by atoms with Crippen molar-refractivity contribution in [1.82, 2.24) is 0 Å². The number of benzene rings is 3. The van der Waals surface area contributed by atoms with Crippen LogP contribution in [0.15, 0.2) is 72.5 Å². The molecule has 0 aliphatic carbocycles. The summed E-state index contributed by atoms with van der Waals surface area (Å²) in [6.45, 7) is 4.41. The smallest absolute Gasteiger partial charge is 0.231 e. The van der Waals surface area contributed by atoms with Gasteiger partial charge in [-0.1, -0.05) is 54.6 Å². The summed E-state index contributed by atoms with van der Waals surface area (Å²) < 4.78 is 11.9. The number of hydrogen-bond donors (Lipinski definition) is 0. The highest BCUT2D eigenvalue weighted by molar-refractivity contribution is 6.15. The minimum atomic E-state index is -0.0917. The monoisotopic (exact) mass is 356 g/mol. The van der Waals surface area contributed by atoms with Crippen LogP contribution in [0.2, 0.25) is 0 Å². The molecule has 0 atom stereocenters. The molecular formula is C24H20O3. The average molecular weight is 356 g/mol. The van der Waals surface area contributed by atoms with E-state index in [-0.39, 0.29) is 5.78 Å². The number of rotatable bonds is 4. The molecule has 1 aliphatic rings. The Bertz CT molecular complexity index is 1030. The maximum absolute atomic E-state index is 12.7. The molecule has 0 aromatic heterocycles. The van der Waals surface area contributed by atoms with Gasteiger partial charge in [-0.3, -0.25) is 4.79 Å². The molecule has 3 nitrogen and oxygen atoms in total. The van der Waals surface area contributed by atoms with Crippen molar-refractivity contribution in [2.24, 2.45) is 0 Å². The van der Waals surface area contributed by atoms with E-state index < -0.39 is 0 Å². The second-order valence-corrected chi connectivity index (χ2v) is 6.64. The molecule has 0 radical (unpaired) electrons. The van der Waals surface area contributed by atoms with Gasteiger partial charge in [0.1, 0.15) is 18.1 Å². The fraction of sp³-hybridized carbons (Fsp3) is 0.125. The number of ether oxygens (including phenoxy) is 2. The van der Waals surface area contributed by atoms with Crippen LogP contribution < -0.4 is 9.47 Å². The van der Waals surface area contributed by atoms with Crippen LogP contribution in [0.25, 0.3) is 6.08 Å². The summed E-state index contributed by atoms with van der Waals surface area (Å²) >= 11 is 0. The number of fused-ring (bicyclic) bond motifs is 1. The largest absolute Gasteiger partial charge is 0.488 e. The Hall–Kier alpha value is -3.33. The van der Waals surface area contributed by atoms with Crippen molar-refractivity contribution in [3.63, 3.8) is 0 Å². The zero-order chi connectivity index (χ0) is 18.8. The highest BCUT2D eigenvalue weighted by Gasteiger charge is 2.30. The summed E-state index contributed by atoms with van der Waals surface area (Å²) in [5.74, 6) is 1.57. The Labute approximate surface area is 158 Å². The van der Waals surface area contributed by atoms with Gasteiger partial charge in [-0.15, -0.1) is 0 Å². The van der Waals surface area contributed by atoms with Gasteiger partial charge in [-0.25, -0.2) is 0 Å². The number of carbonyl (C=O) groups excluding carboxylic acids is 1. The molecule has 3 heteroatoms. The first-order valence-electron chi connectivity index (χ1n) is 8.93. The summed E-state index contributed by atoms with van der Waals surface area (Å²) in [7, 11) is 0. The van der Waals surface area contributed by atoms with E-state index in [1.54, 1.807) is 6.07 Å². The Balaban J connectivity index is 1.60. The van der Waals surface area contributed by atoms with E-state index in [1.807, 2.05) is 80.6 Å². The van der Waals surface area contributed by atoms with Crippen LogP contribution in [0, 0.1) is 13.8 Å². The normalized spacial score (nSPS) is 14.1. The van der Waals surface area contributed by atoms with Crippen LogP contribution >= 0.6 is 0 Å². The summed E-state index contributed by atoms with van der Waals surface area (Å²) in [4.78, 5) is 12.7. The summed E-state index contributed by atoms with van der Waals surface area (Å²) in [6.07, 6.45) is 1.81. The molecule has 0 saturated heterocycles. The van der Waals surface area contributed by atoms with Gasteiger partial charge < -0.3 is 9.47 Å². The first-order chi connectivity index (χ1) is 13.1. The van der Waals surface area contributed by atoms with Gasteiger partial charge in [-0.05, 0) is 48.7 Å². The summed E-state index contributed by atoms with van der Waals surface area (Å²) in [6, 6.07) is 21.5. The van der Waals surface area contributed by atoms with Crippen molar-refractivity contribution in [3.05, 3.63) is 100 Å². The number of Topliss-reactive ketones (excluding diaryl/α,β-unsaturated/α-hetero) is 1. The molecular weight excluding hydrogens is 336 g/mol. The molecule has 27 heavy (non-hydrogen) atoms. The molecule has 0 spiro atoms. The molecule has 0 bridgehead atoms. The number of allylic oxidation sites excluding steroid dienone is 1. The number of ketones is 1. The van der Waals surface area contributed by atoms with Crippen molar-refractivity contribution >= 4 is 11.9 Å². The first-order valence-corrected chi connectivity index (χ1v) is 8.93. The maximum Gasteiger partial charge on any atom is 0.231 e. The molecule has 3 aromatic carbocycles. The molecule has 4 rings (SSSR count). The van der Waals surface area contributed by atoms with E-state index in [9.17, 15) is 4.79 Å². The van der Waals surface area contributed by atoms with E-state index in [4.69, 9.17) is 9.47 Å². The lowest BCUT2D eigenvalue weighted by atomic mass is 10.0. The number of aryl methyl sites for hydroxylation is 1. The van der Waals surface area contributed by atoms with Gasteiger partial charge in [0.15, 0.2) is 5.76 Å². The van der Waals surface area contributed by atoms with Crippen molar-refractivity contribution in [3.8, 4) is 11.5 Å². The molecule has 134 valence electrons. The molecule has 1 heterocycles. The zero-order valence-electron chi connectivity index (χ0n) is 15.4. The van der Waals surface area contributed by atoms with Crippen molar-refractivity contribution in [1.29, 1.82) is 0 Å². The summed E-state index contributed by atoms with van der Waals surface area (Å²) in [5.41, 5.74) is 4.59. The van der Waals surface area contributed by atoms with Crippen molar-refractivity contribution < 1.29 is 14.3 Å². The van der Waals surface area contributed by atoms with Gasteiger partial charge in [0.2, 0.25) is 5.78 Å². The Morgan fingerprint density at radius 2 is 1.67 bits per heavy atom. The second kappa shape index (κ2) is 7.12. The zero-order valence-corrected chi connectivity index (χ0v) is 15.4. The Morgan fingerprint density at radius 1 is 0.926 bits per heavy atom. The van der Waals surface area contributed by atoms with Gasteiger partial charge in [-0.2, -0.15) is 0 Å². The van der Waals surface area contributed by atoms with Crippen LogP contribution in [0.1, 0.15) is 32.6 Å². The third-order valence-electron chi connectivity index (χ3n) is 4.75. The Kier molecular flexibility index (Phi) is 4.51. The first kappa shape index (κ1) is 17.1. The van der Waals surface area contributed by atoms with Gasteiger partial charge in [0, 0.05) is 5.56 Å². The summed E-state index contributed by atoms with van der Waals surface area (Å²) in [5, 5.41) is 0. The SMILES string of the molecule is Cc1ccccc1/C=C1\Oc2c(ccc(OCc3ccccc3)c2C)C1=O. The molecule has 0 N–H and O–H groups in total. The topological polar surface area (TPSA) is 35.5 Å². The minimum Gasteiger partial charge on any atom is -0.488 e. The molecule has 0 amide bonds. The van der Waals surface area contributed by atoms with E-state index in [1.165, 1.54) is 0 Å². The van der Waals surface area contributed by atoms with Crippen LogP contribution in [0.5, 0.6) is 11.5 Å². The molecule has 0 saturated carbocycles. The number of hydrogen-bond acceptors (Lipinski definition) is 3. The standard InChI is InChI=1S/C24H20O3/c1-16-8-6-7-11-19(16)14-22-23(25)20-12-13-21(17(2)24(20)27-22)26-15-18-9-4-3-5-10-18/h3-14H,15H2,1-2H3/b22-14-. The molecule has 1 aliphatic heterocycles. The predicted octanol–water partition coefficient (Wildman–Crippen LogP) is 5.50. The van der Waals surface area contributed by atoms with Crippen LogP contribution in [-0.4, -0.2) is 5.78 Å². The third kappa shape index (κ3) is 3.36. The van der Waals surface area contributed by atoms with E-state index in [0.29, 0.717) is 23.7 Å². The minimum absolute atomic E-state index is 0.0917. The van der Waals surface area contributed by atoms with Gasteiger partial charge >= 0.3 is 0 Å². The molecule has 3 aromatic rings. The lowest BCUT2D eigenvalue weighted by Gasteiger charge is -2.11. The fourth-order valence-corrected chi connectivity index (χ4v) is 3.15. The van der Waals surface area contributed by atoms with E-state index in [0.717, 1.165) is 28.0 Å². The van der Waals surface area contributed by atoms with Crippen molar-refractivity contribution in [2.75, 3.05) is 0 Å². The number of carbonyl (C=O) groups is 1. The highest BCUT2D eigenvalue weighted by Crippen LogP contribution is 2.39. The van der Waals surface area contributed by atoms with E-state index in [2.05, 4.69) is 0 Å². The molecule has 0 unspecified atom stereocenters. The average Bonchev–Trinajstić information content (AvgIpc) is 3.01. The Morgan fingerprint density at radius 3 is 2.44 bits per heavy atom. The lowest BCUT2D eigenvalue weighted by Crippen LogP contribution is -1.98. The van der Waals surface area contributed by atoms with Gasteiger partial charge in [0.25, 0.3) is 0 Å². The van der Waals surface area contributed by atoms with E-state index >= 15 is 0 Å². The predicted molar refractivity (Wildman–Crippen MR) is 106 cm³/mol.